The first-order valence-electron chi connectivity index (χ1n) is 11.4. The molecule has 0 fully saturated rings. The lowest BCUT2D eigenvalue weighted by molar-refractivity contribution is -0.384. The van der Waals surface area contributed by atoms with Crippen molar-refractivity contribution in [1.82, 2.24) is 15.1 Å². The minimum Gasteiger partial charge on any atom is -0.497 e. The van der Waals surface area contributed by atoms with E-state index < -0.39 is 4.92 Å². The molecule has 0 saturated carbocycles. The highest BCUT2D eigenvalue weighted by Crippen LogP contribution is 2.28. The van der Waals surface area contributed by atoms with E-state index in [1.54, 1.807) is 39.5 Å². The van der Waals surface area contributed by atoms with E-state index in [4.69, 9.17) is 14.2 Å². The van der Waals surface area contributed by atoms with Gasteiger partial charge in [0.1, 0.15) is 11.4 Å². The molecule has 0 radical (unpaired) electrons. The van der Waals surface area contributed by atoms with Crippen molar-refractivity contribution in [2.75, 3.05) is 27.9 Å². The quantitative estimate of drug-likeness (QED) is 0.251. The number of carbonyl (C=O) groups is 1. The zero-order chi connectivity index (χ0) is 26.4. The van der Waals surface area contributed by atoms with Gasteiger partial charge >= 0.3 is 0 Å². The lowest BCUT2D eigenvalue weighted by Crippen LogP contribution is -2.27. The van der Waals surface area contributed by atoms with E-state index in [0.717, 1.165) is 11.1 Å². The van der Waals surface area contributed by atoms with Gasteiger partial charge in [0.05, 0.1) is 37.6 Å². The van der Waals surface area contributed by atoms with Crippen LogP contribution < -0.4 is 19.5 Å². The summed E-state index contributed by atoms with van der Waals surface area (Å²) in [7, 11) is 4.73. The smallest absolute Gasteiger partial charge is 0.270 e. The van der Waals surface area contributed by atoms with Crippen molar-refractivity contribution in [1.29, 1.82) is 0 Å². The van der Waals surface area contributed by atoms with Gasteiger partial charge in [-0.05, 0) is 66.6 Å². The van der Waals surface area contributed by atoms with Gasteiger partial charge < -0.3 is 19.5 Å². The summed E-state index contributed by atoms with van der Waals surface area (Å²) in [4.78, 5) is 23.8. The number of carbonyl (C=O) groups excluding carboxylic acids is 1. The van der Waals surface area contributed by atoms with E-state index in [1.807, 2.05) is 42.5 Å². The molecule has 0 atom stereocenters. The third-order valence-corrected chi connectivity index (χ3v) is 5.78. The Balaban J connectivity index is 1.58. The molecule has 10 nitrogen and oxygen atoms in total. The molecule has 0 aliphatic carbocycles. The normalized spacial score (nSPS) is 10.6. The Morgan fingerprint density at radius 3 is 2.24 bits per heavy atom. The van der Waals surface area contributed by atoms with Gasteiger partial charge in [-0.3, -0.25) is 14.9 Å². The molecular formula is C27H26N4O6. The molecule has 4 aromatic rings. The molecule has 0 aliphatic rings. The Kier molecular flexibility index (Phi) is 7.68. The fraction of sp³-hybridized carbons (Fsp3) is 0.185. The summed E-state index contributed by atoms with van der Waals surface area (Å²) in [5.41, 5.74) is 3.11. The zero-order valence-electron chi connectivity index (χ0n) is 20.6. The maximum atomic E-state index is 13.2. The summed E-state index contributed by atoms with van der Waals surface area (Å²) >= 11 is 0. The van der Waals surface area contributed by atoms with Gasteiger partial charge in [-0.15, -0.1) is 0 Å². The first-order chi connectivity index (χ1) is 17.9. The molecule has 1 N–H and O–H groups in total. The number of nitro benzene ring substituents is 1. The van der Waals surface area contributed by atoms with Crippen LogP contribution in [-0.4, -0.2) is 48.5 Å². The number of hydrogen-bond acceptors (Lipinski definition) is 7. The van der Waals surface area contributed by atoms with E-state index >= 15 is 0 Å². The van der Waals surface area contributed by atoms with Crippen LogP contribution in [0.4, 0.5) is 5.69 Å². The number of non-ortho nitro benzene ring substituents is 1. The van der Waals surface area contributed by atoms with Crippen LogP contribution in [0.2, 0.25) is 0 Å². The van der Waals surface area contributed by atoms with Crippen LogP contribution in [-0.2, 0) is 6.42 Å². The van der Waals surface area contributed by atoms with E-state index in [1.165, 1.54) is 16.8 Å². The molecule has 10 heteroatoms. The number of ether oxygens (including phenoxy) is 3. The lowest BCUT2D eigenvalue weighted by atomic mass is 10.1. The third-order valence-electron chi connectivity index (χ3n) is 5.78. The van der Waals surface area contributed by atoms with Crippen molar-refractivity contribution in [3.8, 4) is 34.2 Å². The molecule has 1 amide bonds. The van der Waals surface area contributed by atoms with Crippen molar-refractivity contribution < 1.29 is 23.9 Å². The SMILES string of the molecule is COc1ccc(-c2cc(C(=O)NCCc3ccc(OC)c(OC)c3)n(-c3ccc([N+](=O)[O-])cc3)n2)cc1. The minimum atomic E-state index is -0.475. The van der Waals surface area contributed by atoms with Gasteiger partial charge in [0.2, 0.25) is 0 Å². The highest BCUT2D eigenvalue weighted by molar-refractivity contribution is 5.94. The summed E-state index contributed by atoms with van der Waals surface area (Å²) in [5.74, 6) is 1.62. The lowest BCUT2D eigenvalue weighted by Gasteiger charge is -2.11. The molecule has 3 aromatic carbocycles. The minimum absolute atomic E-state index is 0.0489. The molecule has 1 heterocycles. The highest BCUT2D eigenvalue weighted by Gasteiger charge is 2.18. The number of aromatic nitrogens is 2. The average Bonchev–Trinajstić information content (AvgIpc) is 3.38. The first-order valence-corrected chi connectivity index (χ1v) is 11.4. The Morgan fingerprint density at radius 2 is 1.62 bits per heavy atom. The van der Waals surface area contributed by atoms with Gasteiger partial charge in [0, 0.05) is 24.2 Å². The largest absolute Gasteiger partial charge is 0.497 e. The van der Waals surface area contributed by atoms with Crippen molar-refractivity contribution in [2.24, 2.45) is 0 Å². The predicted octanol–water partition coefficient (Wildman–Crippen LogP) is 4.45. The summed E-state index contributed by atoms with van der Waals surface area (Å²) in [6, 6.07) is 20.5. The molecule has 0 spiro atoms. The van der Waals surface area contributed by atoms with Gasteiger partial charge in [-0.25, -0.2) is 4.68 Å². The summed E-state index contributed by atoms with van der Waals surface area (Å²) in [6.07, 6.45) is 0.573. The second kappa shape index (κ2) is 11.3. The number of nitrogens with one attached hydrogen (secondary N) is 1. The topological polar surface area (TPSA) is 118 Å². The molecule has 0 saturated heterocycles. The summed E-state index contributed by atoms with van der Waals surface area (Å²) in [5, 5.41) is 18.6. The van der Waals surface area contributed by atoms with Crippen molar-refractivity contribution in [2.45, 2.75) is 6.42 Å². The van der Waals surface area contributed by atoms with Crippen molar-refractivity contribution >= 4 is 11.6 Å². The van der Waals surface area contributed by atoms with Gasteiger partial charge in [-0.2, -0.15) is 5.10 Å². The number of amides is 1. The number of rotatable bonds is 10. The van der Waals surface area contributed by atoms with Crippen LogP contribution >= 0.6 is 0 Å². The monoisotopic (exact) mass is 502 g/mol. The van der Waals surface area contributed by atoms with Crippen LogP contribution in [0.15, 0.2) is 72.8 Å². The molecule has 37 heavy (non-hydrogen) atoms. The summed E-state index contributed by atoms with van der Waals surface area (Å²) < 4.78 is 17.3. The summed E-state index contributed by atoms with van der Waals surface area (Å²) in [6.45, 7) is 0.373. The molecule has 190 valence electrons. The fourth-order valence-electron chi connectivity index (χ4n) is 3.81. The second-order valence-corrected chi connectivity index (χ2v) is 8.02. The van der Waals surface area contributed by atoms with Crippen molar-refractivity contribution in [3.05, 3.63) is 94.2 Å². The first kappa shape index (κ1) is 25.2. The van der Waals surface area contributed by atoms with Crippen LogP contribution in [0.3, 0.4) is 0 Å². The molecule has 0 aliphatic heterocycles. The molecule has 1 aromatic heterocycles. The molecule has 0 bridgehead atoms. The van der Waals surface area contributed by atoms with Crippen molar-refractivity contribution in [3.63, 3.8) is 0 Å². The average molecular weight is 503 g/mol. The number of nitro groups is 1. The van der Waals surface area contributed by atoms with E-state index in [0.29, 0.717) is 47.3 Å². The van der Waals surface area contributed by atoms with Crippen LogP contribution in [0.25, 0.3) is 16.9 Å². The van der Waals surface area contributed by atoms with Gasteiger partial charge in [0.25, 0.3) is 11.6 Å². The molecular weight excluding hydrogens is 476 g/mol. The molecule has 0 unspecified atom stereocenters. The number of hydrogen-bond donors (Lipinski definition) is 1. The van der Waals surface area contributed by atoms with E-state index in [9.17, 15) is 14.9 Å². The van der Waals surface area contributed by atoms with E-state index in [2.05, 4.69) is 10.4 Å². The Hall–Kier alpha value is -4.86. The van der Waals surface area contributed by atoms with Crippen LogP contribution in [0, 0.1) is 10.1 Å². The fourth-order valence-corrected chi connectivity index (χ4v) is 3.81. The number of benzene rings is 3. The Labute approximate surface area is 213 Å². The number of nitrogens with zero attached hydrogens (tertiary/aromatic N) is 3. The van der Waals surface area contributed by atoms with Gasteiger partial charge in [0.15, 0.2) is 11.5 Å². The second-order valence-electron chi connectivity index (χ2n) is 8.02. The predicted molar refractivity (Wildman–Crippen MR) is 138 cm³/mol. The van der Waals surface area contributed by atoms with E-state index in [-0.39, 0.29) is 11.6 Å². The Bertz CT molecular complexity index is 1400. The van der Waals surface area contributed by atoms with Crippen LogP contribution in [0.5, 0.6) is 17.2 Å². The maximum Gasteiger partial charge on any atom is 0.270 e. The number of methoxy groups -OCH3 is 3. The Morgan fingerprint density at radius 1 is 0.919 bits per heavy atom. The molecule has 4 rings (SSSR count). The van der Waals surface area contributed by atoms with Crippen LogP contribution in [0.1, 0.15) is 16.1 Å². The zero-order valence-corrected chi connectivity index (χ0v) is 20.6. The third kappa shape index (κ3) is 5.69. The van der Waals surface area contributed by atoms with Gasteiger partial charge in [-0.1, -0.05) is 6.07 Å². The maximum absolute atomic E-state index is 13.2. The highest BCUT2D eigenvalue weighted by atomic mass is 16.6. The standard InChI is InChI=1S/C27H26N4O6/c1-35-22-11-5-19(6-12-22)23-17-24(30(29-23)20-7-9-21(10-8-20)31(33)34)27(32)28-15-14-18-4-13-25(36-2)26(16-18)37-3/h4-13,16-17H,14-15H2,1-3H3,(H,28,32).